The van der Waals surface area contributed by atoms with Crippen molar-refractivity contribution in [1.29, 1.82) is 0 Å². The van der Waals surface area contributed by atoms with Gasteiger partial charge in [0.05, 0.1) is 12.0 Å². The van der Waals surface area contributed by atoms with Crippen molar-refractivity contribution in [2.75, 3.05) is 12.4 Å². The highest BCUT2D eigenvalue weighted by Crippen LogP contribution is 2.44. The van der Waals surface area contributed by atoms with E-state index in [2.05, 4.69) is 17.4 Å². The molecule has 1 saturated carbocycles. The summed E-state index contributed by atoms with van der Waals surface area (Å²) in [6.07, 6.45) is 2.94. The Bertz CT molecular complexity index is 647. The summed E-state index contributed by atoms with van der Waals surface area (Å²) in [5.41, 5.74) is 2.65. The van der Waals surface area contributed by atoms with Crippen molar-refractivity contribution < 1.29 is 9.53 Å². The van der Waals surface area contributed by atoms with Gasteiger partial charge in [-0.15, -0.1) is 0 Å². The van der Waals surface area contributed by atoms with Crippen LogP contribution in [0.2, 0.25) is 0 Å². The topological polar surface area (TPSA) is 38.3 Å². The van der Waals surface area contributed by atoms with E-state index in [4.69, 9.17) is 4.74 Å². The second kappa shape index (κ2) is 6.32. The summed E-state index contributed by atoms with van der Waals surface area (Å²) < 4.78 is 5.14. The molecule has 0 bridgehead atoms. The van der Waals surface area contributed by atoms with Crippen LogP contribution < -0.4 is 5.32 Å². The third-order valence-corrected chi connectivity index (χ3v) is 4.46. The van der Waals surface area contributed by atoms with Crippen LogP contribution in [0.3, 0.4) is 0 Å². The predicted octanol–water partition coefficient (Wildman–Crippen LogP) is 3.89. The summed E-state index contributed by atoms with van der Waals surface area (Å²) in [7, 11) is 1.67. The molecule has 1 N–H and O–H groups in total. The van der Waals surface area contributed by atoms with Crippen molar-refractivity contribution in [2.45, 2.75) is 31.3 Å². The normalized spacial score (nSPS) is 15.9. The highest BCUT2D eigenvalue weighted by atomic mass is 16.5. The third kappa shape index (κ3) is 2.77. The van der Waals surface area contributed by atoms with E-state index in [0.717, 1.165) is 36.1 Å². The molecule has 114 valence electrons. The smallest absolute Gasteiger partial charge is 0.235 e. The summed E-state index contributed by atoms with van der Waals surface area (Å²) in [5, 5.41) is 3.09. The maximum Gasteiger partial charge on any atom is 0.235 e. The largest absolute Gasteiger partial charge is 0.380 e. The van der Waals surface area contributed by atoms with E-state index in [1.54, 1.807) is 7.11 Å². The molecular formula is C19H21NO2. The second-order valence-corrected chi connectivity index (χ2v) is 5.89. The fourth-order valence-corrected chi connectivity index (χ4v) is 3.09. The number of benzene rings is 2. The lowest BCUT2D eigenvalue weighted by Crippen LogP contribution is -2.45. The Morgan fingerprint density at radius 3 is 2.55 bits per heavy atom. The first-order valence-electron chi connectivity index (χ1n) is 7.69. The molecule has 1 amide bonds. The van der Waals surface area contributed by atoms with Gasteiger partial charge in [0.25, 0.3) is 0 Å². The molecule has 3 rings (SSSR count). The summed E-state index contributed by atoms with van der Waals surface area (Å²) in [4.78, 5) is 12.8. The molecule has 1 fully saturated rings. The molecule has 3 nitrogen and oxygen atoms in total. The molecule has 0 unspecified atom stereocenters. The van der Waals surface area contributed by atoms with E-state index >= 15 is 0 Å². The maximum atomic E-state index is 12.8. The average Bonchev–Trinajstić information content (AvgIpc) is 2.48. The summed E-state index contributed by atoms with van der Waals surface area (Å²) in [5.74, 6) is 0.0968. The molecule has 1 aliphatic rings. The number of amides is 1. The minimum atomic E-state index is -0.363. The zero-order chi connectivity index (χ0) is 15.4. The minimum Gasteiger partial charge on any atom is -0.380 e. The molecule has 0 atom stereocenters. The predicted molar refractivity (Wildman–Crippen MR) is 87.8 cm³/mol. The second-order valence-electron chi connectivity index (χ2n) is 5.89. The Morgan fingerprint density at radius 1 is 1.14 bits per heavy atom. The lowest BCUT2D eigenvalue weighted by atomic mass is 9.64. The lowest BCUT2D eigenvalue weighted by molar-refractivity contribution is -0.124. The van der Waals surface area contributed by atoms with Crippen LogP contribution in [0.1, 0.15) is 30.4 Å². The molecule has 0 radical (unpaired) electrons. The first-order chi connectivity index (χ1) is 10.7. The number of anilines is 1. The molecule has 1 aliphatic carbocycles. The number of nitrogens with one attached hydrogen (secondary N) is 1. The Morgan fingerprint density at radius 2 is 1.91 bits per heavy atom. The van der Waals surface area contributed by atoms with Crippen molar-refractivity contribution in [1.82, 2.24) is 0 Å². The summed E-state index contributed by atoms with van der Waals surface area (Å²) in [6.45, 7) is 0.549. The van der Waals surface area contributed by atoms with E-state index in [-0.39, 0.29) is 11.3 Å². The molecule has 0 spiro atoms. The first kappa shape index (κ1) is 14.8. The standard InChI is InChI=1S/C19H21NO2/c1-22-14-15-7-5-10-17(13-15)20-18(21)19(11-6-12-19)16-8-3-2-4-9-16/h2-5,7-10,13H,6,11-12,14H2,1H3,(H,20,21). The quantitative estimate of drug-likeness (QED) is 0.908. The zero-order valence-corrected chi connectivity index (χ0v) is 12.8. The van der Waals surface area contributed by atoms with E-state index in [9.17, 15) is 4.79 Å². The van der Waals surface area contributed by atoms with Crippen LogP contribution in [0.4, 0.5) is 5.69 Å². The van der Waals surface area contributed by atoms with Gasteiger partial charge < -0.3 is 10.1 Å². The monoisotopic (exact) mass is 295 g/mol. The van der Waals surface area contributed by atoms with Crippen LogP contribution in [0.15, 0.2) is 54.6 Å². The highest BCUT2D eigenvalue weighted by molar-refractivity contribution is 6.00. The highest BCUT2D eigenvalue weighted by Gasteiger charge is 2.45. The number of hydrogen-bond acceptors (Lipinski definition) is 2. The van der Waals surface area contributed by atoms with Gasteiger partial charge in [0, 0.05) is 12.8 Å². The van der Waals surface area contributed by atoms with Gasteiger partial charge in [0.2, 0.25) is 5.91 Å². The van der Waals surface area contributed by atoms with Crippen LogP contribution in [-0.2, 0) is 21.6 Å². The number of hydrogen-bond donors (Lipinski definition) is 1. The molecule has 22 heavy (non-hydrogen) atoms. The average molecular weight is 295 g/mol. The molecule has 2 aromatic carbocycles. The van der Waals surface area contributed by atoms with Crippen LogP contribution in [0, 0.1) is 0 Å². The van der Waals surface area contributed by atoms with Crippen molar-refractivity contribution in [3.05, 3.63) is 65.7 Å². The number of rotatable bonds is 5. The van der Waals surface area contributed by atoms with Gasteiger partial charge in [0.1, 0.15) is 0 Å². The van der Waals surface area contributed by atoms with Gasteiger partial charge in [-0.25, -0.2) is 0 Å². The van der Waals surface area contributed by atoms with Crippen LogP contribution in [0.5, 0.6) is 0 Å². The summed E-state index contributed by atoms with van der Waals surface area (Å²) >= 11 is 0. The van der Waals surface area contributed by atoms with Gasteiger partial charge in [-0.1, -0.05) is 48.9 Å². The van der Waals surface area contributed by atoms with Gasteiger partial charge in [0.15, 0.2) is 0 Å². The van der Waals surface area contributed by atoms with Crippen LogP contribution in [-0.4, -0.2) is 13.0 Å². The fraction of sp³-hybridized carbons (Fsp3) is 0.316. The minimum absolute atomic E-state index is 0.0968. The van der Waals surface area contributed by atoms with Crippen molar-refractivity contribution in [2.24, 2.45) is 0 Å². The number of carbonyl (C=O) groups is 1. The maximum absolute atomic E-state index is 12.8. The third-order valence-electron chi connectivity index (χ3n) is 4.46. The van der Waals surface area contributed by atoms with Gasteiger partial charge >= 0.3 is 0 Å². The van der Waals surface area contributed by atoms with E-state index in [1.165, 1.54) is 0 Å². The van der Waals surface area contributed by atoms with Gasteiger partial charge in [-0.3, -0.25) is 4.79 Å². The Balaban J connectivity index is 1.80. The zero-order valence-electron chi connectivity index (χ0n) is 12.8. The van der Waals surface area contributed by atoms with E-state index in [1.807, 2.05) is 42.5 Å². The van der Waals surface area contributed by atoms with Gasteiger partial charge in [-0.05, 0) is 36.1 Å². The molecule has 0 aliphatic heterocycles. The molecule has 3 heteroatoms. The van der Waals surface area contributed by atoms with Crippen molar-refractivity contribution >= 4 is 11.6 Å². The number of methoxy groups -OCH3 is 1. The van der Waals surface area contributed by atoms with E-state index < -0.39 is 0 Å². The SMILES string of the molecule is COCc1cccc(NC(=O)C2(c3ccccc3)CCC2)c1. The first-order valence-corrected chi connectivity index (χ1v) is 7.69. The Kier molecular flexibility index (Phi) is 4.25. The van der Waals surface area contributed by atoms with Crippen molar-refractivity contribution in [3.8, 4) is 0 Å². The van der Waals surface area contributed by atoms with Crippen molar-refractivity contribution in [3.63, 3.8) is 0 Å². The molecular weight excluding hydrogens is 274 g/mol. The van der Waals surface area contributed by atoms with E-state index in [0.29, 0.717) is 6.61 Å². The Labute approximate surface area is 131 Å². The lowest BCUT2D eigenvalue weighted by Gasteiger charge is -2.40. The number of ether oxygens (including phenoxy) is 1. The molecule has 0 aromatic heterocycles. The Hall–Kier alpha value is -2.13. The van der Waals surface area contributed by atoms with Gasteiger partial charge in [-0.2, -0.15) is 0 Å². The molecule has 2 aromatic rings. The van der Waals surface area contributed by atoms with Crippen LogP contribution >= 0.6 is 0 Å². The van der Waals surface area contributed by atoms with Crippen LogP contribution in [0.25, 0.3) is 0 Å². The number of carbonyl (C=O) groups excluding carboxylic acids is 1. The molecule has 0 saturated heterocycles. The fourth-order valence-electron chi connectivity index (χ4n) is 3.09. The summed E-state index contributed by atoms with van der Waals surface area (Å²) in [6, 6.07) is 17.9. The molecule has 0 heterocycles.